The van der Waals surface area contributed by atoms with Crippen LogP contribution in [-0.2, 0) is 13.1 Å². The Labute approximate surface area is 81.7 Å². The van der Waals surface area contributed by atoms with E-state index in [4.69, 9.17) is 4.42 Å². The molecule has 0 bridgehead atoms. The molecule has 2 heterocycles. The Morgan fingerprint density at radius 3 is 3.21 bits per heavy atom. The van der Waals surface area contributed by atoms with Gasteiger partial charge in [-0.05, 0) is 6.07 Å². The van der Waals surface area contributed by atoms with E-state index in [1.165, 1.54) is 0 Å². The molecule has 0 saturated carbocycles. The topological polar surface area (TPSA) is 55.9 Å². The Morgan fingerprint density at radius 1 is 1.50 bits per heavy atom. The van der Waals surface area contributed by atoms with Crippen molar-refractivity contribution in [3.05, 3.63) is 36.5 Å². The van der Waals surface area contributed by atoms with Crippen molar-refractivity contribution in [3.63, 3.8) is 0 Å². The molecule has 74 valence electrons. The van der Waals surface area contributed by atoms with E-state index < -0.39 is 0 Å². The molecule has 0 aromatic carbocycles. The molecular formula is C9H12N4O. The standard InChI is InChI=1S/C9H12N4O/c1-6-14-8-9(1)7-10-2-4-13-5-3-11-12-13/h1,3,5-6,8,10H,2,4,7H2. The third kappa shape index (κ3) is 2.43. The fraction of sp³-hybridized carbons (Fsp3) is 0.333. The van der Waals surface area contributed by atoms with Crippen molar-refractivity contribution in [1.29, 1.82) is 0 Å². The fourth-order valence-electron chi connectivity index (χ4n) is 1.17. The molecule has 14 heavy (non-hydrogen) atoms. The number of hydrogen-bond acceptors (Lipinski definition) is 4. The fourth-order valence-corrected chi connectivity index (χ4v) is 1.17. The van der Waals surface area contributed by atoms with Crippen molar-refractivity contribution in [2.75, 3.05) is 6.54 Å². The summed E-state index contributed by atoms with van der Waals surface area (Å²) in [5.41, 5.74) is 1.16. The summed E-state index contributed by atoms with van der Waals surface area (Å²) in [7, 11) is 0. The number of nitrogens with zero attached hydrogens (tertiary/aromatic N) is 3. The van der Waals surface area contributed by atoms with E-state index in [0.29, 0.717) is 0 Å². The van der Waals surface area contributed by atoms with Crippen molar-refractivity contribution in [2.45, 2.75) is 13.1 Å². The molecule has 5 nitrogen and oxygen atoms in total. The van der Waals surface area contributed by atoms with Crippen LogP contribution in [0.3, 0.4) is 0 Å². The molecule has 0 unspecified atom stereocenters. The van der Waals surface area contributed by atoms with Crippen LogP contribution in [0.2, 0.25) is 0 Å². The first-order valence-electron chi connectivity index (χ1n) is 4.51. The predicted molar refractivity (Wildman–Crippen MR) is 50.4 cm³/mol. The van der Waals surface area contributed by atoms with Crippen LogP contribution in [-0.4, -0.2) is 21.5 Å². The summed E-state index contributed by atoms with van der Waals surface area (Å²) in [4.78, 5) is 0. The zero-order valence-electron chi connectivity index (χ0n) is 7.76. The van der Waals surface area contributed by atoms with Crippen LogP contribution in [0.25, 0.3) is 0 Å². The van der Waals surface area contributed by atoms with E-state index in [2.05, 4.69) is 15.6 Å². The van der Waals surface area contributed by atoms with Gasteiger partial charge in [-0.25, -0.2) is 0 Å². The molecule has 5 heteroatoms. The molecule has 0 atom stereocenters. The number of furan rings is 1. The Hall–Kier alpha value is -1.62. The van der Waals surface area contributed by atoms with Gasteiger partial charge in [-0.2, -0.15) is 0 Å². The van der Waals surface area contributed by atoms with Gasteiger partial charge >= 0.3 is 0 Å². The molecule has 0 radical (unpaired) electrons. The Balaban J connectivity index is 1.65. The second kappa shape index (κ2) is 4.57. The van der Waals surface area contributed by atoms with Crippen molar-refractivity contribution >= 4 is 0 Å². The van der Waals surface area contributed by atoms with E-state index in [0.717, 1.165) is 25.2 Å². The zero-order valence-corrected chi connectivity index (χ0v) is 7.76. The van der Waals surface area contributed by atoms with Crippen LogP contribution in [0, 0.1) is 0 Å². The minimum absolute atomic E-state index is 0.825. The normalized spacial score (nSPS) is 10.6. The minimum Gasteiger partial charge on any atom is -0.472 e. The van der Waals surface area contributed by atoms with Crippen molar-refractivity contribution in [2.24, 2.45) is 0 Å². The first-order chi connectivity index (χ1) is 6.95. The number of nitrogens with one attached hydrogen (secondary N) is 1. The van der Waals surface area contributed by atoms with Gasteiger partial charge in [0.15, 0.2) is 0 Å². The summed E-state index contributed by atoms with van der Waals surface area (Å²) in [5.74, 6) is 0. The molecule has 0 saturated heterocycles. The van der Waals surface area contributed by atoms with Crippen molar-refractivity contribution in [3.8, 4) is 0 Å². The highest BCUT2D eigenvalue weighted by Gasteiger charge is 1.94. The van der Waals surface area contributed by atoms with Gasteiger partial charge in [0.1, 0.15) is 0 Å². The summed E-state index contributed by atoms with van der Waals surface area (Å²) in [5, 5.41) is 10.9. The Kier molecular flexibility index (Phi) is 2.92. The van der Waals surface area contributed by atoms with Crippen LogP contribution in [0.15, 0.2) is 35.4 Å². The predicted octanol–water partition coefficient (Wildman–Crippen LogP) is 0.661. The lowest BCUT2D eigenvalue weighted by Gasteiger charge is -2.01. The number of hydrogen-bond donors (Lipinski definition) is 1. The lowest BCUT2D eigenvalue weighted by atomic mass is 10.3. The summed E-state index contributed by atoms with van der Waals surface area (Å²) in [6.07, 6.45) is 6.94. The van der Waals surface area contributed by atoms with Gasteiger partial charge in [0, 0.05) is 24.8 Å². The highest BCUT2D eigenvalue weighted by molar-refractivity contribution is 5.04. The molecule has 2 aromatic heterocycles. The van der Waals surface area contributed by atoms with Gasteiger partial charge in [-0.3, -0.25) is 4.68 Å². The van der Waals surface area contributed by atoms with E-state index >= 15 is 0 Å². The number of rotatable bonds is 5. The molecule has 0 aliphatic rings. The monoisotopic (exact) mass is 192 g/mol. The molecule has 0 fully saturated rings. The summed E-state index contributed by atoms with van der Waals surface area (Å²) in [6, 6.07) is 1.95. The third-order valence-electron chi connectivity index (χ3n) is 1.90. The summed E-state index contributed by atoms with van der Waals surface area (Å²) in [6.45, 7) is 2.53. The molecule has 2 rings (SSSR count). The summed E-state index contributed by atoms with van der Waals surface area (Å²) < 4.78 is 6.74. The van der Waals surface area contributed by atoms with Crippen LogP contribution < -0.4 is 5.32 Å². The van der Waals surface area contributed by atoms with Gasteiger partial charge in [-0.15, -0.1) is 5.10 Å². The van der Waals surface area contributed by atoms with Gasteiger partial charge in [-0.1, -0.05) is 5.21 Å². The van der Waals surface area contributed by atoms with Crippen molar-refractivity contribution < 1.29 is 4.42 Å². The molecule has 0 amide bonds. The molecule has 2 aromatic rings. The van der Waals surface area contributed by atoms with E-state index in [-0.39, 0.29) is 0 Å². The lowest BCUT2D eigenvalue weighted by Crippen LogP contribution is -2.19. The van der Waals surface area contributed by atoms with E-state index in [1.807, 2.05) is 12.3 Å². The highest BCUT2D eigenvalue weighted by atomic mass is 16.3. The Bertz CT molecular complexity index is 305. The van der Waals surface area contributed by atoms with Crippen LogP contribution in [0.4, 0.5) is 0 Å². The molecule has 0 aliphatic heterocycles. The van der Waals surface area contributed by atoms with Gasteiger partial charge in [0.05, 0.1) is 25.3 Å². The second-order valence-electron chi connectivity index (χ2n) is 2.97. The largest absolute Gasteiger partial charge is 0.472 e. The maximum absolute atomic E-state index is 4.95. The maximum Gasteiger partial charge on any atom is 0.0947 e. The second-order valence-corrected chi connectivity index (χ2v) is 2.97. The van der Waals surface area contributed by atoms with Gasteiger partial charge < -0.3 is 9.73 Å². The lowest BCUT2D eigenvalue weighted by molar-refractivity contribution is 0.533. The molecule has 0 spiro atoms. The van der Waals surface area contributed by atoms with Crippen LogP contribution in [0.1, 0.15) is 5.56 Å². The quantitative estimate of drug-likeness (QED) is 0.707. The SMILES string of the molecule is c1cn(CCNCc2ccoc2)nn1. The average Bonchev–Trinajstić information content (AvgIpc) is 2.86. The van der Waals surface area contributed by atoms with Gasteiger partial charge in [0.25, 0.3) is 0 Å². The zero-order chi connectivity index (χ0) is 9.64. The third-order valence-corrected chi connectivity index (χ3v) is 1.90. The van der Waals surface area contributed by atoms with E-state index in [1.54, 1.807) is 23.4 Å². The highest BCUT2D eigenvalue weighted by Crippen LogP contribution is 1.97. The summed E-state index contributed by atoms with van der Waals surface area (Å²) >= 11 is 0. The molecule has 1 N–H and O–H groups in total. The molecular weight excluding hydrogens is 180 g/mol. The maximum atomic E-state index is 4.95. The smallest absolute Gasteiger partial charge is 0.0947 e. The minimum atomic E-state index is 0.825. The van der Waals surface area contributed by atoms with Gasteiger partial charge in [0.2, 0.25) is 0 Å². The molecule has 0 aliphatic carbocycles. The Morgan fingerprint density at radius 2 is 2.50 bits per heavy atom. The number of aromatic nitrogens is 3. The van der Waals surface area contributed by atoms with E-state index in [9.17, 15) is 0 Å². The average molecular weight is 192 g/mol. The van der Waals surface area contributed by atoms with Crippen LogP contribution in [0.5, 0.6) is 0 Å². The first kappa shape index (κ1) is 8.96. The van der Waals surface area contributed by atoms with Crippen molar-refractivity contribution in [1.82, 2.24) is 20.3 Å². The van der Waals surface area contributed by atoms with Crippen LogP contribution >= 0.6 is 0 Å². The first-order valence-corrected chi connectivity index (χ1v) is 4.51.